The Hall–Kier alpha value is -0.840. The molecule has 1 aliphatic heterocycles. The second-order valence-corrected chi connectivity index (χ2v) is 5.64. The summed E-state index contributed by atoms with van der Waals surface area (Å²) < 4.78 is 23.3. The van der Waals surface area contributed by atoms with Gasteiger partial charge in [-0.25, -0.2) is 8.42 Å². The molecule has 0 bridgehead atoms. The Morgan fingerprint density at radius 1 is 1.40 bits per heavy atom. The number of rotatable bonds is 1. The fourth-order valence-corrected chi connectivity index (χ4v) is 3.39. The zero-order valence-corrected chi connectivity index (χ0v) is 9.51. The van der Waals surface area contributed by atoms with Crippen molar-refractivity contribution in [2.24, 2.45) is 0 Å². The van der Waals surface area contributed by atoms with Crippen LogP contribution < -0.4 is 0 Å². The molecule has 1 aromatic carbocycles. The SMILES string of the molecule is CC(O)C1=CS(=O)(=O)c2cc(Cl)ccc21. The predicted molar refractivity (Wildman–Crippen MR) is 58.3 cm³/mol. The summed E-state index contributed by atoms with van der Waals surface area (Å²) in [6.45, 7) is 1.53. The third kappa shape index (κ3) is 1.69. The number of benzene rings is 1. The van der Waals surface area contributed by atoms with Crippen LogP contribution in [-0.2, 0) is 9.84 Å². The molecule has 3 nitrogen and oxygen atoms in total. The number of aliphatic hydroxyl groups is 1. The summed E-state index contributed by atoms with van der Waals surface area (Å²) in [6, 6.07) is 4.62. The Labute approximate surface area is 92.9 Å². The van der Waals surface area contributed by atoms with Gasteiger partial charge in [0.05, 0.1) is 11.0 Å². The van der Waals surface area contributed by atoms with Crippen molar-refractivity contribution in [3.05, 3.63) is 34.2 Å². The second kappa shape index (κ2) is 3.33. The van der Waals surface area contributed by atoms with Gasteiger partial charge in [-0.2, -0.15) is 0 Å². The standard InChI is InChI=1S/C10H9ClO3S/c1-6(12)9-5-15(13,14)10-4-7(11)2-3-8(9)10/h2-6,12H,1H3. The molecule has 0 saturated carbocycles. The van der Waals surface area contributed by atoms with Crippen LogP contribution in [0, 0.1) is 0 Å². The van der Waals surface area contributed by atoms with E-state index in [-0.39, 0.29) is 4.90 Å². The highest BCUT2D eigenvalue weighted by atomic mass is 35.5. The number of hydrogen-bond acceptors (Lipinski definition) is 3. The minimum Gasteiger partial charge on any atom is -0.389 e. The van der Waals surface area contributed by atoms with Gasteiger partial charge in [-0.15, -0.1) is 0 Å². The summed E-state index contributed by atoms with van der Waals surface area (Å²) in [5.41, 5.74) is 0.955. The normalized spacial score (nSPS) is 19.5. The first-order chi connectivity index (χ1) is 6.92. The maximum atomic E-state index is 11.7. The van der Waals surface area contributed by atoms with E-state index in [9.17, 15) is 13.5 Å². The Bertz CT molecular complexity index is 544. The molecule has 0 spiro atoms. The fraction of sp³-hybridized carbons (Fsp3) is 0.200. The van der Waals surface area contributed by atoms with Crippen molar-refractivity contribution in [3.8, 4) is 0 Å². The van der Waals surface area contributed by atoms with E-state index in [2.05, 4.69) is 0 Å². The van der Waals surface area contributed by atoms with Crippen molar-refractivity contribution in [1.29, 1.82) is 0 Å². The van der Waals surface area contributed by atoms with Crippen molar-refractivity contribution in [2.75, 3.05) is 0 Å². The molecule has 0 radical (unpaired) electrons. The summed E-state index contributed by atoms with van der Waals surface area (Å²) in [4.78, 5) is 0.172. The van der Waals surface area contributed by atoms with Crippen LogP contribution >= 0.6 is 11.6 Å². The van der Waals surface area contributed by atoms with E-state index in [0.29, 0.717) is 16.2 Å². The summed E-state index contributed by atoms with van der Waals surface area (Å²) in [7, 11) is -3.43. The van der Waals surface area contributed by atoms with Gasteiger partial charge in [0.15, 0.2) is 0 Å². The van der Waals surface area contributed by atoms with Crippen molar-refractivity contribution in [3.63, 3.8) is 0 Å². The summed E-state index contributed by atoms with van der Waals surface area (Å²) in [5.74, 6) is 0. The average Bonchev–Trinajstić information content (AvgIpc) is 2.39. The lowest BCUT2D eigenvalue weighted by atomic mass is 10.0. The van der Waals surface area contributed by atoms with Crippen LogP contribution in [0.25, 0.3) is 5.57 Å². The molecule has 1 N–H and O–H groups in total. The van der Waals surface area contributed by atoms with E-state index in [1.54, 1.807) is 12.1 Å². The van der Waals surface area contributed by atoms with Gasteiger partial charge < -0.3 is 5.11 Å². The predicted octanol–water partition coefficient (Wildman–Crippen LogP) is 1.85. The van der Waals surface area contributed by atoms with Gasteiger partial charge in [0.2, 0.25) is 9.84 Å². The lowest BCUT2D eigenvalue weighted by Crippen LogP contribution is -2.01. The molecular formula is C10H9ClO3S. The lowest BCUT2D eigenvalue weighted by molar-refractivity contribution is 0.253. The van der Waals surface area contributed by atoms with E-state index in [1.807, 2.05) is 0 Å². The topological polar surface area (TPSA) is 54.4 Å². The van der Waals surface area contributed by atoms with Crippen LogP contribution in [0.15, 0.2) is 28.5 Å². The Kier molecular flexibility index (Phi) is 2.37. The Balaban J connectivity index is 2.73. The quantitative estimate of drug-likeness (QED) is 0.820. The molecule has 0 amide bonds. The van der Waals surface area contributed by atoms with Crippen molar-refractivity contribution < 1.29 is 13.5 Å². The number of fused-ring (bicyclic) bond motifs is 1. The molecule has 1 aliphatic rings. The van der Waals surface area contributed by atoms with E-state index >= 15 is 0 Å². The van der Waals surface area contributed by atoms with Crippen molar-refractivity contribution >= 4 is 27.0 Å². The molecule has 1 aromatic rings. The molecule has 2 rings (SSSR count). The van der Waals surface area contributed by atoms with Gasteiger partial charge in [-0.3, -0.25) is 0 Å². The van der Waals surface area contributed by atoms with Crippen LogP contribution in [0.5, 0.6) is 0 Å². The van der Waals surface area contributed by atoms with Crippen LogP contribution in [0.4, 0.5) is 0 Å². The molecule has 80 valence electrons. The molecular weight excluding hydrogens is 236 g/mol. The molecule has 15 heavy (non-hydrogen) atoms. The van der Waals surface area contributed by atoms with Gasteiger partial charge in [-0.05, 0) is 19.1 Å². The summed E-state index contributed by atoms with van der Waals surface area (Å²) >= 11 is 5.73. The van der Waals surface area contributed by atoms with Gasteiger partial charge >= 0.3 is 0 Å². The third-order valence-corrected chi connectivity index (χ3v) is 4.04. The third-order valence-electron chi connectivity index (χ3n) is 2.29. The lowest BCUT2D eigenvalue weighted by Gasteiger charge is -2.06. The van der Waals surface area contributed by atoms with Gasteiger partial charge in [0, 0.05) is 21.6 Å². The molecule has 1 unspecified atom stereocenters. The highest BCUT2D eigenvalue weighted by Crippen LogP contribution is 2.36. The van der Waals surface area contributed by atoms with E-state index in [4.69, 9.17) is 11.6 Å². The second-order valence-electron chi connectivity index (χ2n) is 3.43. The van der Waals surface area contributed by atoms with Crippen LogP contribution in [0.3, 0.4) is 0 Å². The average molecular weight is 245 g/mol. The van der Waals surface area contributed by atoms with Gasteiger partial charge in [0.25, 0.3) is 0 Å². The monoisotopic (exact) mass is 244 g/mol. The zero-order chi connectivity index (χ0) is 11.2. The molecule has 0 aromatic heterocycles. The maximum Gasteiger partial charge on any atom is 0.200 e. The minimum atomic E-state index is -3.43. The van der Waals surface area contributed by atoms with Crippen LogP contribution in [-0.4, -0.2) is 19.6 Å². The smallest absolute Gasteiger partial charge is 0.200 e. The summed E-state index contributed by atoms with van der Waals surface area (Å²) in [5, 5.41) is 10.9. The molecule has 0 fully saturated rings. The molecule has 1 atom stereocenters. The van der Waals surface area contributed by atoms with Crippen LogP contribution in [0.1, 0.15) is 12.5 Å². The van der Waals surface area contributed by atoms with Crippen molar-refractivity contribution in [1.82, 2.24) is 0 Å². The molecule has 0 aliphatic carbocycles. The molecule has 1 heterocycles. The highest BCUT2D eigenvalue weighted by Gasteiger charge is 2.28. The largest absolute Gasteiger partial charge is 0.389 e. The van der Waals surface area contributed by atoms with E-state index in [0.717, 1.165) is 5.41 Å². The van der Waals surface area contributed by atoms with Gasteiger partial charge in [-0.1, -0.05) is 17.7 Å². The minimum absolute atomic E-state index is 0.172. The van der Waals surface area contributed by atoms with Gasteiger partial charge in [0.1, 0.15) is 0 Å². The van der Waals surface area contributed by atoms with E-state index in [1.165, 1.54) is 13.0 Å². The van der Waals surface area contributed by atoms with Crippen molar-refractivity contribution in [2.45, 2.75) is 17.9 Å². The summed E-state index contributed by atoms with van der Waals surface area (Å²) in [6.07, 6.45) is -0.804. The fourth-order valence-electron chi connectivity index (χ4n) is 1.59. The molecule has 0 saturated heterocycles. The first-order valence-electron chi connectivity index (χ1n) is 4.36. The number of halogens is 1. The first-order valence-corrected chi connectivity index (χ1v) is 6.29. The first kappa shape index (κ1) is 10.7. The van der Waals surface area contributed by atoms with Crippen LogP contribution in [0.2, 0.25) is 5.02 Å². The Morgan fingerprint density at radius 2 is 2.07 bits per heavy atom. The highest BCUT2D eigenvalue weighted by molar-refractivity contribution is 7.95. The van der Waals surface area contributed by atoms with E-state index < -0.39 is 15.9 Å². The zero-order valence-electron chi connectivity index (χ0n) is 7.94. The number of aliphatic hydroxyl groups excluding tert-OH is 1. The number of hydrogen-bond donors (Lipinski definition) is 1. The Morgan fingerprint density at radius 3 is 2.67 bits per heavy atom. The maximum absolute atomic E-state index is 11.7. The number of sulfone groups is 1. The molecule has 5 heteroatoms.